The van der Waals surface area contributed by atoms with Gasteiger partial charge >= 0.3 is 5.97 Å². The van der Waals surface area contributed by atoms with Crippen LogP contribution in [0.3, 0.4) is 0 Å². The van der Waals surface area contributed by atoms with Crippen LogP contribution in [-0.2, 0) is 20.7 Å². The maximum Gasteiger partial charge on any atom is 0.306 e. The van der Waals surface area contributed by atoms with Gasteiger partial charge in [0.25, 0.3) is 5.91 Å². The lowest BCUT2D eigenvalue weighted by molar-refractivity contribution is -0.152. The quantitative estimate of drug-likeness (QED) is 0.358. The van der Waals surface area contributed by atoms with Gasteiger partial charge in [-0.1, -0.05) is 12.1 Å². The molecule has 1 fully saturated rings. The van der Waals surface area contributed by atoms with Crippen LogP contribution in [0.25, 0.3) is 10.2 Å². The molecule has 2 aromatic carbocycles. The number of aromatic nitrogens is 1. The number of aryl methyl sites for hydroxylation is 1. The molecule has 0 atom stereocenters. The lowest BCUT2D eigenvalue weighted by atomic mass is 10.1. The van der Waals surface area contributed by atoms with E-state index in [1.165, 1.54) is 13.0 Å². The summed E-state index contributed by atoms with van der Waals surface area (Å²) in [6.07, 6.45) is 1.53. The molecular weight excluding hydrogens is 457 g/mol. The Morgan fingerprint density at radius 1 is 1.09 bits per heavy atom. The number of nitrogens with zero attached hydrogens (tertiary/aromatic N) is 3. The van der Waals surface area contributed by atoms with Gasteiger partial charge in [0, 0.05) is 38.2 Å². The van der Waals surface area contributed by atoms with Crippen LogP contribution in [0.4, 0.5) is 10.1 Å². The van der Waals surface area contributed by atoms with E-state index < -0.39 is 11.8 Å². The number of benzene rings is 2. The molecule has 1 aliphatic rings. The average Bonchev–Trinajstić information content (AvgIpc) is 3.25. The number of Topliss-reactive ketones (excluding diaryl/α,β-unsaturated/α-hetero) is 1. The maximum atomic E-state index is 14.4. The van der Waals surface area contributed by atoms with E-state index in [1.807, 2.05) is 29.2 Å². The molecule has 1 amide bonds. The highest BCUT2D eigenvalue weighted by molar-refractivity contribution is 7.18. The summed E-state index contributed by atoms with van der Waals surface area (Å²) < 4.78 is 20.7. The molecule has 0 saturated carbocycles. The van der Waals surface area contributed by atoms with Crippen molar-refractivity contribution in [2.45, 2.75) is 26.2 Å². The molecule has 7 nitrogen and oxygen atoms in total. The van der Waals surface area contributed by atoms with Crippen molar-refractivity contribution in [3.05, 3.63) is 58.9 Å². The van der Waals surface area contributed by atoms with Crippen LogP contribution >= 0.6 is 11.3 Å². The Hall–Kier alpha value is -3.33. The Balaban J connectivity index is 1.17. The van der Waals surface area contributed by atoms with Gasteiger partial charge in [-0.3, -0.25) is 14.4 Å². The molecule has 0 bridgehead atoms. The molecule has 3 aromatic rings. The van der Waals surface area contributed by atoms with Crippen molar-refractivity contribution in [3.63, 3.8) is 0 Å². The Bertz CT molecular complexity index is 1170. The number of para-hydroxylation sites is 1. The number of halogens is 1. The first-order valence-corrected chi connectivity index (χ1v) is 12.1. The van der Waals surface area contributed by atoms with Crippen molar-refractivity contribution in [1.82, 2.24) is 9.88 Å². The number of rotatable bonds is 8. The number of ether oxygens (including phenoxy) is 1. The monoisotopic (exact) mass is 483 g/mol. The van der Waals surface area contributed by atoms with Crippen molar-refractivity contribution in [2.75, 3.05) is 37.7 Å². The molecule has 34 heavy (non-hydrogen) atoms. The zero-order chi connectivity index (χ0) is 24.1. The van der Waals surface area contributed by atoms with Crippen molar-refractivity contribution in [3.8, 4) is 0 Å². The van der Waals surface area contributed by atoms with E-state index in [0.29, 0.717) is 50.3 Å². The van der Waals surface area contributed by atoms with Crippen LogP contribution in [-0.4, -0.2) is 60.3 Å². The van der Waals surface area contributed by atoms with E-state index >= 15 is 0 Å². The molecule has 178 valence electrons. The molecule has 9 heteroatoms. The summed E-state index contributed by atoms with van der Waals surface area (Å²) in [5.41, 5.74) is 1.71. The molecule has 0 N–H and O–H groups in total. The number of fused-ring (bicyclic) bond motifs is 1. The van der Waals surface area contributed by atoms with E-state index in [1.54, 1.807) is 28.4 Å². The largest absolute Gasteiger partial charge is 0.456 e. The highest BCUT2D eigenvalue weighted by Gasteiger charge is 2.24. The van der Waals surface area contributed by atoms with Gasteiger partial charge in [0.05, 0.1) is 20.9 Å². The fourth-order valence-electron chi connectivity index (χ4n) is 3.90. The summed E-state index contributed by atoms with van der Waals surface area (Å²) in [6.45, 7) is 2.83. The van der Waals surface area contributed by atoms with Gasteiger partial charge < -0.3 is 14.5 Å². The van der Waals surface area contributed by atoms with Gasteiger partial charge in [-0.2, -0.15) is 0 Å². The van der Waals surface area contributed by atoms with E-state index in [4.69, 9.17) is 4.74 Å². The van der Waals surface area contributed by atoms with Crippen LogP contribution in [0.1, 0.15) is 35.1 Å². The minimum absolute atomic E-state index is 0.188. The van der Waals surface area contributed by atoms with Gasteiger partial charge in [-0.05, 0) is 50.1 Å². The second-order valence-electron chi connectivity index (χ2n) is 8.18. The Morgan fingerprint density at radius 3 is 2.56 bits per heavy atom. The number of esters is 1. The summed E-state index contributed by atoms with van der Waals surface area (Å²) in [5, 5.41) is 0.982. The average molecular weight is 484 g/mol. The Kier molecular flexibility index (Phi) is 7.52. The third kappa shape index (κ3) is 5.77. The first-order valence-electron chi connectivity index (χ1n) is 11.2. The molecule has 1 saturated heterocycles. The Labute approximate surface area is 201 Å². The smallest absolute Gasteiger partial charge is 0.306 e. The molecule has 0 unspecified atom stereocenters. The van der Waals surface area contributed by atoms with Crippen molar-refractivity contribution in [1.29, 1.82) is 0 Å². The predicted octanol–water partition coefficient (Wildman–Crippen LogP) is 3.85. The third-order valence-corrected chi connectivity index (χ3v) is 6.89. The van der Waals surface area contributed by atoms with Crippen LogP contribution < -0.4 is 4.90 Å². The first-order chi connectivity index (χ1) is 16.4. The standard InChI is InChI=1S/C25H26FN3O4S/c1-17(30)18-9-10-21(19(26)15-18)28-11-13-29(14-12-28)24(31)16-33-25(32)8-4-7-23-27-20-5-2-3-6-22(20)34-23/h2-3,5-6,9-10,15H,4,7-8,11-14,16H2,1H3. The zero-order valence-electron chi connectivity index (χ0n) is 19.0. The van der Waals surface area contributed by atoms with Crippen LogP contribution in [0, 0.1) is 5.82 Å². The fraction of sp³-hybridized carbons (Fsp3) is 0.360. The van der Waals surface area contributed by atoms with Gasteiger partial charge in [0.15, 0.2) is 12.4 Å². The minimum Gasteiger partial charge on any atom is -0.456 e. The topological polar surface area (TPSA) is 79.8 Å². The molecule has 0 radical (unpaired) electrons. The highest BCUT2D eigenvalue weighted by atomic mass is 32.1. The second kappa shape index (κ2) is 10.7. The summed E-state index contributed by atoms with van der Waals surface area (Å²) in [4.78, 5) is 43.9. The number of thiazole rings is 1. The van der Waals surface area contributed by atoms with Crippen molar-refractivity contribution in [2.24, 2.45) is 0 Å². The van der Waals surface area contributed by atoms with E-state index in [-0.39, 0.29) is 24.7 Å². The summed E-state index contributed by atoms with van der Waals surface area (Å²) in [6, 6.07) is 12.4. The molecule has 0 aliphatic carbocycles. The number of amides is 1. The number of carbonyl (C=O) groups is 3. The molecule has 1 aliphatic heterocycles. The van der Waals surface area contributed by atoms with E-state index in [2.05, 4.69) is 4.98 Å². The molecule has 4 rings (SSSR count). The number of carbonyl (C=O) groups excluding carboxylic acids is 3. The van der Waals surface area contributed by atoms with Crippen molar-refractivity contribution >= 4 is 44.9 Å². The van der Waals surface area contributed by atoms with Crippen LogP contribution in [0.5, 0.6) is 0 Å². The number of ketones is 1. The lowest BCUT2D eigenvalue weighted by Crippen LogP contribution is -2.50. The maximum absolute atomic E-state index is 14.4. The SMILES string of the molecule is CC(=O)c1ccc(N2CCN(C(=O)COC(=O)CCCc3nc4ccccc4s3)CC2)c(F)c1. The zero-order valence-corrected chi connectivity index (χ0v) is 19.8. The number of anilines is 1. The van der Waals surface area contributed by atoms with Crippen molar-refractivity contribution < 1.29 is 23.5 Å². The third-order valence-electron chi connectivity index (χ3n) is 5.79. The first kappa shape index (κ1) is 23.8. The van der Waals surface area contributed by atoms with Crippen LogP contribution in [0.15, 0.2) is 42.5 Å². The molecule has 1 aromatic heterocycles. The second-order valence-corrected chi connectivity index (χ2v) is 9.29. The number of hydrogen-bond donors (Lipinski definition) is 0. The summed E-state index contributed by atoms with van der Waals surface area (Å²) >= 11 is 1.62. The van der Waals surface area contributed by atoms with Crippen LogP contribution in [0.2, 0.25) is 0 Å². The molecule has 2 heterocycles. The number of hydrogen-bond acceptors (Lipinski definition) is 7. The lowest BCUT2D eigenvalue weighted by Gasteiger charge is -2.36. The minimum atomic E-state index is -0.452. The molecule has 0 spiro atoms. The summed E-state index contributed by atoms with van der Waals surface area (Å²) in [7, 11) is 0. The van der Waals surface area contributed by atoms with Gasteiger partial charge in [-0.25, -0.2) is 9.37 Å². The van der Waals surface area contributed by atoms with E-state index in [9.17, 15) is 18.8 Å². The number of piperazine rings is 1. The fourth-order valence-corrected chi connectivity index (χ4v) is 4.90. The van der Waals surface area contributed by atoms with Gasteiger partial charge in [0.1, 0.15) is 5.82 Å². The van der Waals surface area contributed by atoms with Gasteiger partial charge in [-0.15, -0.1) is 11.3 Å². The van der Waals surface area contributed by atoms with Gasteiger partial charge in [0.2, 0.25) is 0 Å². The summed E-state index contributed by atoms with van der Waals surface area (Å²) in [5.74, 6) is -1.30. The normalized spacial score (nSPS) is 13.8. The predicted molar refractivity (Wildman–Crippen MR) is 129 cm³/mol. The van der Waals surface area contributed by atoms with E-state index in [0.717, 1.165) is 15.2 Å². The molecular formula is C25H26FN3O4S. The Morgan fingerprint density at radius 2 is 1.85 bits per heavy atom. The highest BCUT2D eigenvalue weighted by Crippen LogP contribution is 2.23.